The molecule has 7 heteroatoms. The molecule has 0 unspecified atom stereocenters. The van der Waals surface area contributed by atoms with Crippen LogP contribution in [0, 0.1) is 6.92 Å². The van der Waals surface area contributed by atoms with Crippen molar-refractivity contribution in [3.05, 3.63) is 17.5 Å². The lowest BCUT2D eigenvalue weighted by Crippen LogP contribution is -2.40. The fourth-order valence-corrected chi connectivity index (χ4v) is 2.82. The van der Waals surface area contributed by atoms with Crippen molar-refractivity contribution in [2.24, 2.45) is 0 Å². The molecule has 0 radical (unpaired) electrons. The average Bonchev–Trinajstić information content (AvgIpc) is 2.85. The molecule has 0 aliphatic carbocycles. The van der Waals surface area contributed by atoms with E-state index in [0.717, 1.165) is 29.4 Å². The molecule has 0 bridgehead atoms. The monoisotopic (exact) mass is 297 g/mol. The standard InChI is InChI=1S/C13H19N3O3S/c1-9-7-10(19-15-9)8-20-6-4-5-16-11(17)13(2,3)14-12(16)18/h7H,4-6,8H2,1-3H3,(H,14,18). The van der Waals surface area contributed by atoms with Crippen LogP contribution in [-0.2, 0) is 10.5 Å². The van der Waals surface area contributed by atoms with Crippen LogP contribution in [0.25, 0.3) is 0 Å². The van der Waals surface area contributed by atoms with Gasteiger partial charge in [-0.3, -0.25) is 9.69 Å². The molecule has 110 valence electrons. The molecule has 0 aromatic carbocycles. The fraction of sp³-hybridized carbons (Fsp3) is 0.615. The van der Waals surface area contributed by atoms with Gasteiger partial charge in [-0.2, -0.15) is 11.8 Å². The minimum absolute atomic E-state index is 0.154. The van der Waals surface area contributed by atoms with Crippen LogP contribution in [0.3, 0.4) is 0 Å². The number of hydrogen-bond donors (Lipinski definition) is 1. The number of carbonyl (C=O) groups is 2. The zero-order chi connectivity index (χ0) is 14.8. The summed E-state index contributed by atoms with van der Waals surface area (Å²) in [7, 11) is 0. The molecule has 1 saturated heterocycles. The average molecular weight is 297 g/mol. The first kappa shape index (κ1) is 14.9. The van der Waals surface area contributed by atoms with E-state index in [-0.39, 0.29) is 11.9 Å². The lowest BCUT2D eigenvalue weighted by atomic mass is 10.1. The lowest BCUT2D eigenvalue weighted by molar-refractivity contribution is -0.130. The Bertz CT molecular complexity index is 513. The third-order valence-electron chi connectivity index (χ3n) is 3.04. The summed E-state index contributed by atoms with van der Waals surface area (Å²) in [6.45, 7) is 5.77. The van der Waals surface area contributed by atoms with Crippen molar-refractivity contribution in [3.8, 4) is 0 Å². The quantitative estimate of drug-likeness (QED) is 0.641. The predicted octanol–water partition coefficient (Wildman–Crippen LogP) is 1.94. The summed E-state index contributed by atoms with van der Waals surface area (Å²) >= 11 is 1.70. The van der Waals surface area contributed by atoms with Gasteiger partial charge in [-0.15, -0.1) is 0 Å². The van der Waals surface area contributed by atoms with Crippen LogP contribution in [0.2, 0.25) is 0 Å². The van der Waals surface area contributed by atoms with Gasteiger partial charge in [-0.25, -0.2) is 4.79 Å². The van der Waals surface area contributed by atoms with Crippen molar-refractivity contribution < 1.29 is 14.1 Å². The van der Waals surface area contributed by atoms with Crippen LogP contribution in [-0.4, -0.2) is 39.8 Å². The first-order valence-corrected chi connectivity index (χ1v) is 7.69. The smallest absolute Gasteiger partial charge is 0.325 e. The van der Waals surface area contributed by atoms with E-state index in [1.54, 1.807) is 25.6 Å². The number of carbonyl (C=O) groups excluding carboxylic acids is 2. The zero-order valence-corrected chi connectivity index (χ0v) is 12.7. The van der Waals surface area contributed by atoms with Gasteiger partial charge in [-0.1, -0.05) is 5.16 Å². The molecule has 6 nitrogen and oxygen atoms in total. The number of amides is 3. The van der Waals surface area contributed by atoms with Gasteiger partial charge in [0.1, 0.15) is 11.3 Å². The van der Waals surface area contributed by atoms with E-state index in [1.807, 2.05) is 13.0 Å². The van der Waals surface area contributed by atoms with Crippen molar-refractivity contribution in [1.82, 2.24) is 15.4 Å². The Morgan fingerprint density at radius 3 is 2.75 bits per heavy atom. The number of hydrogen-bond acceptors (Lipinski definition) is 5. The van der Waals surface area contributed by atoms with Gasteiger partial charge >= 0.3 is 6.03 Å². The number of nitrogens with one attached hydrogen (secondary N) is 1. The number of aryl methyl sites for hydroxylation is 1. The molecule has 1 fully saturated rings. The maximum atomic E-state index is 11.9. The van der Waals surface area contributed by atoms with Gasteiger partial charge in [0.15, 0.2) is 0 Å². The first-order chi connectivity index (χ1) is 9.40. The number of nitrogens with zero attached hydrogens (tertiary/aromatic N) is 2. The Labute approximate surface area is 122 Å². The number of rotatable bonds is 6. The van der Waals surface area contributed by atoms with Crippen molar-refractivity contribution in [2.45, 2.75) is 38.5 Å². The van der Waals surface area contributed by atoms with E-state index in [2.05, 4.69) is 10.5 Å². The highest BCUT2D eigenvalue weighted by Gasteiger charge is 2.43. The van der Waals surface area contributed by atoms with E-state index in [9.17, 15) is 9.59 Å². The van der Waals surface area contributed by atoms with Crippen molar-refractivity contribution in [2.75, 3.05) is 12.3 Å². The lowest BCUT2D eigenvalue weighted by Gasteiger charge is -2.15. The summed E-state index contributed by atoms with van der Waals surface area (Å²) in [5.74, 6) is 2.31. The maximum Gasteiger partial charge on any atom is 0.325 e. The highest BCUT2D eigenvalue weighted by atomic mass is 32.2. The number of urea groups is 1. The second-order valence-corrected chi connectivity index (χ2v) is 6.46. The van der Waals surface area contributed by atoms with Crippen LogP contribution >= 0.6 is 11.8 Å². The second kappa shape index (κ2) is 5.87. The van der Waals surface area contributed by atoms with Crippen molar-refractivity contribution >= 4 is 23.7 Å². The Morgan fingerprint density at radius 1 is 1.45 bits per heavy atom. The highest BCUT2D eigenvalue weighted by Crippen LogP contribution is 2.18. The van der Waals surface area contributed by atoms with E-state index in [0.29, 0.717) is 6.54 Å². The van der Waals surface area contributed by atoms with Crippen LogP contribution in [0.4, 0.5) is 4.79 Å². The molecule has 1 N–H and O–H groups in total. The molecule has 0 spiro atoms. The number of imide groups is 1. The largest absolute Gasteiger partial charge is 0.360 e. The van der Waals surface area contributed by atoms with E-state index >= 15 is 0 Å². The van der Waals surface area contributed by atoms with Crippen LogP contribution in [0.1, 0.15) is 31.7 Å². The maximum absolute atomic E-state index is 11.9. The summed E-state index contributed by atoms with van der Waals surface area (Å²) in [6, 6.07) is 1.61. The molecule has 2 heterocycles. The molecule has 1 aromatic rings. The highest BCUT2D eigenvalue weighted by molar-refractivity contribution is 7.98. The third-order valence-corrected chi connectivity index (χ3v) is 4.10. The molecule has 0 saturated carbocycles. The molecule has 3 amide bonds. The number of thioether (sulfide) groups is 1. The van der Waals surface area contributed by atoms with Crippen LogP contribution < -0.4 is 5.32 Å². The van der Waals surface area contributed by atoms with E-state index in [4.69, 9.17) is 4.52 Å². The Balaban J connectivity index is 1.69. The van der Waals surface area contributed by atoms with Crippen molar-refractivity contribution in [1.29, 1.82) is 0 Å². The molecule has 1 aromatic heterocycles. The zero-order valence-electron chi connectivity index (χ0n) is 11.9. The summed E-state index contributed by atoms with van der Waals surface area (Å²) in [5, 5.41) is 6.49. The molecule has 2 rings (SSSR count). The predicted molar refractivity (Wildman–Crippen MR) is 76.3 cm³/mol. The molecular formula is C13H19N3O3S. The molecule has 0 atom stereocenters. The number of aromatic nitrogens is 1. The second-order valence-electron chi connectivity index (χ2n) is 5.35. The van der Waals surface area contributed by atoms with Gasteiger partial charge in [0.25, 0.3) is 5.91 Å². The van der Waals surface area contributed by atoms with E-state index in [1.165, 1.54) is 4.90 Å². The van der Waals surface area contributed by atoms with Crippen LogP contribution in [0.5, 0.6) is 0 Å². The Morgan fingerprint density at radius 2 is 2.20 bits per heavy atom. The molecular weight excluding hydrogens is 278 g/mol. The van der Waals surface area contributed by atoms with Crippen molar-refractivity contribution in [3.63, 3.8) is 0 Å². The molecule has 1 aliphatic rings. The van der Waals surface area contributed by atoms with Gasteiger partial charge in [0.05, 0.1) is 11.4 Å². The third kappa shape index (κ3) is 3.33. The van der Waals surface area contributed by atoms with E-state index < -0.39 is 5.54 Å². The minimum atomic E-state index is -0.776. The van der Waals surface area contributed by atoms with Crippen LogP contribution in [0.15, 0.2) is 10.6 Å². The Hall–Kier alpha value is -1.50. The van der Waals surface area contributed by atoms with Gasteiger partial charge in [0, 0.05) is 12.6 Å². The summed E-state index contributed by atoms with van der Waals surface area (Å²) < 4.78 is 5.11. The summed E-state index contributed by atoms with van der Waals surface area (Å²) in [4.78, 5) is 24.9. The normalized spacial score (nSPS) is 17.6. The fourth-order valence-electron chi connectivity index (χ4n) is 2.00. The Kier molecular flexibility index (Phi) is 4.37. The topological polar surface area (TPSA) is 75.4 Å². The summed E-state index contributed by atoms with van der Waals surface area (Å²) in [5.41, 5.74) is 0.101. The van der Waals surface area contributed by atoms with Gasteiger partial charge in [-0.05, 0) is 32.9 Å². The summed E-state index contributed by atoms with van der Waals surface area (Å²) in [6.07, 6.45) is 0.771. The molecule has 1 aliphatic heterocycles. The van der Waals surface area contributed by atoms with Gasteiger partial charge < -0.3 is 9.84 Å². The first-order valence-electron chi connectivity index (χ1n) is 6.54. The van der Waals surface area contributed by atoms with Gasteiger partial charge in [0.2, 0.25) is 0 Å². The minimum Gasteiger partial charge on any atom is -0.360 e. The SMILES string of the molecule is Cc1cc(CSCCCN2C(=O)NC(C)(C)C2=O)on1. The molecule has 20 heavy (non-hydrogen) atoms.